The normalized spacial score (nSPS) is 10.0. The van der Waals surface area contributed by atoms with Crippen LogP contribution in [0.1, 0.15) is 5.56 Å². The molecule has 0 aromatic heterocycles. The van der Waals surface area contributed by atoms with Crippen molar-refractivity contribution in [1.82, 2.24) is 0 Å². The molecule has 0 fully saturated rings. The molecule has 19 heavy (non-hydrogen) atoms. The summed E-state index contributed by atoms with van der Waals surface area (Å²) in [6.45, 7) is 0. The van der Waals surface area contributed by atoms with Crippen LogP contribution >= 0.6 is 27.5 Å². The van der Waals surface area contributed by atoms with Crippen molar-refractivity contribution in [2.75, 3.05) is 11.1 Å². The van der Waals surface area contributed by atoms with Crippen molar-refractivity contribution >= 4 is 44.6 Å². The zero-order valence-electron chi connectivity index (χ0n) is 9.55. The summed E-state index contributed by atoms with van der Waals surface area (Å²) >= 11 is 9.20. The van der Waals surface area contributed by atoms with Gasteiger partial charge in [0.15, 0.2) is 0 Å². The lowest BCUT2D eigenvalue weighted by molar-refractivity contribution is 0.627. The number of rotatable bonds is 2. The molecule has 2 aromatic rings. The van der Waals surface area contributed by atoms with Crippen LogP contribution in [0.25, 0.3) is 0 Å². The summed E-state index contributed by atoms with van der Waals surface area (Å²) in [7, 11) is 0. The summed E-state index contributed by atoms with van der Waals surface area (Å²) < 4.78 is 13.6. The van der Waals surface area contributed by atoms with Gasteiger partial charge in [0.05, 0.1) is 33.7 Å². The van der Waals surface area contributed by atoms with Crippen molar-refractivity contribution in [2.24, 2.45) is 0 Å². The van der Waals surface area contributed by atoms with Gasteiger partial charge in [-0.25, -0.2) is 4.39 Å². The van der Waals surface area contributed by atoms with Crippen LogP contribution in [0.2, 0.25) is 5.02 Å². The third-order valence-electron chi connectivity index (χ3n) is 2.45. The fourth-order valence-electron chi connectivity index (χ4n) is 1.54. The van der Waals surface area contributed by atoms with Gasteiger partial charge >= 0.3 is 0 Å². The molecule has 0 unspecified atom stereocenters. The van der Waals surface area contributed by atoms with Crippen molar-refractivity contribution in [3.05, 3.63) is 51.2 Å². The van der Waals surface area contributed by atoms with Crippen LogP contribution in [-0.2, 0) is 0 Å². The van der Waals surface area contributed by atoms with Gasteiger partial charge in [0, 0.05) is 4.47 Å². The number of hydrogen-bond donors (Lipinski definition) is 2. The van der Waals surface area contributed by atoms with Gasteiger partial charge in [-0.15, -0.1) is 0 Å². The van der Waals surface area contributed by atoms with E-state index in [1.807, 2.05) is 6.07 Å². The summed E-state index contributed by atoms with van der Waals surface area (Å²) in [5.41, 5.74) is 7.81. The Morgan fingerprint density at radius 2 is 2.05 bits per heavy atom. The lowest BCUT2D eigenvalue weighted by atomic mass is 10.2. The third-order valence-corrected chi connectivity index (χ3v) is 3.37. The first kappa shape index (κ1) is 13.7. The first-order valence-corrected chi connectivity index (χ1v) is 6.39. The highest BCUT2D eigenvalue weighted by Crippen LogP contribution is 2.35. The van der Waals surface area contributed by atoms with Gasteiger partial charge in [0.2, 0.25) is 0 Å². The predicted molar refractivity (Wildman–Crippen MR) is 78.0 cm³/mol. The number of anilines is 3. The van der Waals surface area contributed by atoms with Crippen LogP contribution in [0.4, 0.5) is 21.5 Å². The average molecular weight is 341 g/mol. The van der Waals surface area contributed by atoms with E-state index in [1.54, 1.807) is 18.2 Å². The largest absolute Gasteiger partial charge is 0.397 e. The van der Waals surface area contributed by atoms with Gasteiger partial charge in [-0.1, -0.05) is 11.6 Å². The van der Waals surface area contributed by atoms with Crippen LogP contribution in [0.3, 0.4) is 0 Å². The smallest absolute Gasteiger partial charge is 0.125 e. The predicted octanol–water partition coefficient (Wildman–Crippen LogP) is 4.44. The number of nitriles is 1. The summed E-state index contributed by atoms with van der Waals surface area (Å²) in [6.07, 6.45) is 0. The highest BCUT2D eigenvalue weighted by Gasteiger charge is 2.10. The molecule has 0 spiro atoms. The lowest BCUT2D eigenvalue weighted by Gasteiger charge is -2.13. The molecule has 2 aromatic carbocycles. The second-order valence-electron chi connectivity index (χ2n) is 3.78. The molecule has 3 N–H and O–H groups in total. The molecule has 0 aliphatic rings. The van der Waals surface area contributed by atoms with Crippen LogP contribution in [-0.4, -0.2) is 0 Å². The Balaban J connectivity index is 2.40. The van der Waals surface area contributed by atoms with Crippen LogP contribution < -0.4 is 11.1 Å². The Morgan fingerprint density at radius 1 is 1.32 bits per heavy atom. The molecule has 6 heteroatoms. The number of hydrogen-bond acceptors (Lipinski definition) is 3. The monoisotopic (exact) mass is 339 g/mol. The minimum absolute atomic E-state index is 0.232. The van der Waals surface area contributed by atoms with Crippen LogP contribution in [0, 0.1) is 17.1 Å². The van der Waals surface area contributed by atoms with Crippen molar-refractivity contribution in [1.29, 1.82) is 5.26 Å². The molecule has 0 heterocycles. The second-order valence-corrected chi connectivity index (χ2v) is 5.04. The van der Waals surface area contributed by atoms with Crippen LogP contribution in [0.15, 0.2) is 34.8 Å². The molecule has 2 rings (SSSR count). The van der Waals surface area contributed by atoms with E-state index in [1.165, 1.54) is 12.1 Å². The number of nitrogens with two attached hydrogens (primary N) is 1. The first-order chi connectivity index (χ1) is 9.01. The minimum Gasteiger partial charge on any atom is -0.397 e. The molecule has 0 amide bonds. The number of nitrogens with zero attached hydrogens (tertiary/aromatic N) is 1. The second kappa shape index (κ2) is 5.47. The highest BCUT2D eigenvalue weighted by atomic mass is 79.9. The quantitative estimate of drug-likeness (QED) is 0.795. The van der Waals surface area contributed by atoms with Gasteiger partial charge in [0.1, 0.15) is 5.82 Å². The molecule has 0 bridgehead atoms. The van der Waals surface area contributed by atoms with Gasteiger partial charge in [-0.3, -0.25) is 0 Å². The molecular formula is C13H8BrClFN3. The SMILES string of the molecule is N#Cc1ccc(Nc2c(Cl)cc(F)cc2Br)c(N)c1. The molecule has 0 aliphatic carbocycles. The van der Waals surface area contributed by atoms with E-state index in [0.29, 0.717) is 27.1 Å². The molecule has 96 valence electrons. The summed E-state index contributed by atoms with van der Waals surface area (Å²) in [5.74, 6) is -0.435. The Kier molecular flexibility index (Phi) is 3.93. The Morgan fingerprint density at radius 3 is 2.63 bits per heavy atom. The topological polar surface area (TPSA) is 61.8 Å². The van der Waals surface area contributed by atoms with Crippen molar-refractivity contribution in [2.45, 2.75) is 0 Å². The number of nitrogens with one attached hydrogen (secondary N) is 1. The third kappa shape index (κ3) is 2.98. The molecule has 0 atom stereocenters. The van der Waals surface area contributed by atoms with E-state index >= 15 is 0 Å². The summed E-state index contributed by atoms with van der Waals surface area (Å²) in [5, 5.41) is 12.0. The minimum atomic E-state index is -0.435. The Bertz CT molecular complexity index is 659. The van der Waals surface area contributed by atoms with Crippen LogP contribution in [0.5, 0.6) is 0 Å². The maximum absolute atomic E-state index is 13.1. The summed E-state index contributed by atoms with van der Waals surface area (Å²) in [6, 6.07) is 9.34. The van der Waals surface area contributed by atoms with E-state index in [-0.39, 0.29) is 5.02 Å². The highest BCUT2D eigenvalue weighted by molar-refractivity contribution is 9.10. The zero-order chi connectivity index (χ0) is 14.0. The first-order valence-electron chi connectivity index (χ1n) is 5.22. The molecule has 3 nitrogen and oxygen atoms in total. The molecule has 0 radical (unpaired) electrons. The number of nitrogen functional groups attached to an aromatic ring is 1. The maximum atomic E-state index is 13.1. The fourth-order valence-corrected chi connectivity index (χ4v) is 2.44. The Labute approximate surface area is 122 Å². The number of benzene rings is 2. The van der Waals surface area contributed by atoms with E-state index in [0.717, 1.165) is 0 Å². The van der Waals surface area contributed by atoms with Crippen molar-refractivity contribution in [3.63, 3.8) is 0 Å². The standard InChI is InChI=1S/C13H8BrClFN3/c14-9-4-8(16)5-10(15)13(9)19-12-2-1-7(6-17)3-11(12)18/h1-5,19H,18H2. The zero-order valence-corrected chi connectivity index (χ0v) is 11.9. The molecular weight excluding hydrogens is 333 g/mol. The van der Waals surface area contributed by atoms with E-state index in [2.05, 4.69) is 21.2 Å². The van der Waals surface area contributed by atoms with Gasteiger partial charge < -0.3 is 11.1 Å². The van der Waals surface area contributed by atoms with Gasteiger partial charge in [-0.2, -0.15) is 5.26 Å². The van der Waals surface area contributed by atoms with Gasteiger partial charge in [-0.05, 0) is 46.3 Å². The lowest BCUT2D eigenvalue weighted by Crippen LogP contribution is -1.98. The van der Waals surface area contributed by atoms with Crippen molar-refractivity contribution < 1.29 is 4.39 Å². The molecule has 0 aliphatic heterocycles. The molecule has 0 saturated carbocycles. The van der Waals surface area contributed by atoms with E-state index < -0.39 is 5.82 Å². The Hall–Kier alpha value is -1.77. The molecule has 0 saturated heterocycles. The van der Waals surface area contributed by atoms with Gasteiger partial charge in [0.25, 0.3) is 0 Å². The fraction of sp³-hybridized carbons (Fsp3) is 0. The van der Waals surface area contributed by atoms with E-state index in [9.17, 15) is 4.39 Å². The van der Waals surface area contributed by atoms with E-state index in [4.69, 9.17) is 22.6 Å². The average Bonchev–Trinajstić information content (AvgIpc) is 2.35. The maximum Gasteiger partial charge on any atom is 0.125 e. The van der Waals surface area contributed by atoms with Crippen molar-refractivity contribution in [3.8, 4) is 6.07 Å². The summed E-state index contributed by atoms with van der Waals surface area (Å²) in [4.78, 5) is 0. The number of halogens is 3.